The molecule has 0 unspecified atom stereocenters. The number of allylic oxidation sites excluding steroid dienone is 1. The molecule has 0 spiro atoms. The molecule has 3 aromatic rings. The Kier molecular flexibility index (Phi) is 7.62. The molecule has 1 aliphatic rings. The minimum Gasteiger partial charge on any atom is -0.502 e. The van der Waals surface area contributed by atoms with E-state index in [0.29, 0.717) is 39.7 Å². The van der Waals surface area contributed by atoms with Crippen molar-refractivity contribution in [1.82, 2.24) is 4.57 Å². The lowest BCUT2D eigenvalue weighted by atomic mass is 9.95. The van der Waals surface area contributed by atoms with Crippen molar-refractivity contribution >= 4 is 29.1 Å². The van der Waals surface area contributed by atoms with Gasteiger partial charge in [-0.25, -0.2) is 9.79 Å². The zero-order chi connectivity index (χ0) is 27.6. The van der Waals surface area contributed by atoms with Crippen LogP contribution in [-0.4, -0.2) is 40.9 Å². The van der Waals surface area contributed by atoms with Gasteiger partial charge in [-0.1, -0.05) is 23.5 Å². The summed E-state index contributed by atoms with van der Waals surface area (Å²) in [5.41, 5.74) is 0.610. The number of carbonyl (C=O) groups is 1. The maximum atomic E-state index is 13.7. The molecule has 1 aromatic heterocycles. The zero-order valence-corrected chi connectivity index (χ0v) is 21.9. The molecule has 1 N–H and O–H groups in total. The Morgan fingerprint density at radius 1 is 1.21 bits per heavy atom. The lowest BCUT2D eigenvalue weighted by molar-refractivity contribution is -0.385. The SMILES string of the molecule is CCOC(=O)C1=C(C)N=c2s/c(=C\c3ccc(O)c([N+](=O)[O-])c3)c(=O)n2[C@H]1c1ccc(OC)c(OCC)c1. The van der Waals surface area contributed by atoms with Crippen molar-refractivity contribution in [3.63, 3.8) is 0 Å². The van der Waals surface area contributed by atoms with E-state index < -0.39 is 33.9 Å². The summed E-state index contributed by atoms with van der Waals surface area (Å²) in [5, 5.41) is 21.0. The van der Waals surface area contributed by atoms with E-state index in [9.17, 15) is 24.8 Å². The van der Waals surface area contributed by atoms with Crippen molar-refractivity contribution < 1.29 is 29.0 Å². The predicted molar refractivity (Wildman–Crippen MR) is 139 cm³/mol. The number of fused-ring (bicyclic) bond motifs is 1. The minimum atomic E-state index is -0.869. The van der Waals surface area contributed by atoms with Gasteiger partial charge in [0.05, 0.1) is 47.1 Å². The van der Waals surface area contributed by atoms with Crippen LogP contribution in [0, 0.1) is 10.1 Å². The molecule has 2 aromatic carbocycles. The first-order valence-electron chi connectivity index (χ1n) is 11.7. The molecular formula is C26H25N3O8S. The third kappa shape index (κ3) is 4.90. The van der Waals surface area contributed by atoms with Crippen molar-refractivity contribution in [3.05, 3.63) is 88.6 Å². The van der Waals surface area contributed by atoms with Gasteiger partial charge in [-0.05, 0) is 56.2 Å². The molecule has 0 saturated heterocycles. The van der Waals surface area contributed by atoms with E-state index in [-0.39, 0.29) is 16.7 Å². The minimum absolute atomic E-state index is 0.138. The number of aromatic nitrogens is 1. The van der Waals surface area contributed by atoms with Crippen LogP contribution >= 0.6 is 11.3 Å². The van der Waals surface area contributed by atoms with Gasteiger partial charge in [0.2, 0.25) is 0 Å². The lowest BCUT2D eigenvalue weighted by Gasteiger charge is -2.25. The van der Waals surface area contributed by atoms with Gasteiger partial charge in [0.15, 0.2) is 22.0 Å². The average Bonchev–Trinajstić information content (AvgIpc) is 3.18. The molecule has 38 heavy (non-hydrogen) atoms. The number of rotatable bonds is 8. The molecule has 1 aliphatic heterocycles. The van der Waals surface area contributed by atoms with Gasteiger partial charge in [0, 0.05) is 6.07 Å². The summed E-state index contributed by atoms with van der Waals surface area (Å²) in [7, 11) is 1.52. The zero-order valence-electron chi connectivity index (χ0n) is 21.1. The van der Waals surface area contributed by atoms with Crippen LogP contribution in [-0.2, 0) is 9.53 Å². The first-order valence-corrected chi connectivity index (χ1v) is 12.5. The third-order valence-electron chi connectivity index (χ3n) is 5.81. The molecular weight excluding hydrogens is 514 g/mol. The summed E-state index contributed by atoms with van der Waals surface area (Å²) in [6, 6.07) is 8.12. The van der Waals surface area contributed by atoms with Crippen molar-refractivity contribution in [3.8, 4) is 17.2 Å². The molecule has 12 heteroatoms. The van der Waals surface area contributed by atoms with Crippen molar-refractivity contribution in [2.45, 2.75) is 26.8 Å². The summed E-state index contributed by atoms with van der Waals surface area (Å²) in [6.07, 6.45) is 1.48. The number of hydrogen-bond acceptors (Lipinski definition) is 10. The van der Waals surface area contributed by atoms with Gasteiger partial charge < -0.3 is 19.3 Å². The molecule has 0 radical (unpaired) electrons. The molecule has 198 valence electrons. The van der Waals surface area contributed by atoms with E-state index in [1.165, 1.54) is 36.0 Å². The number of phenols is 1. The highest BCUT2D eigenvalue weighted by molar-refractivity contribution is 7.07. The summed E-state index contributed by atoms with van der Waals surface area (Å²) in [5.74, 6) is -0.136. The average molecular weight is 540 g/mol. The number of phenolic OH excluding ortho intramolecular Hbond substituents is 1. The van der Waals surface area contributed by atoms with E-state index in [1.807, 2.05) is 6.92 Å². The summed E-state index contributed by atoms with van der Waals surface area (Å²) < 4.78 is 18.1. The fourth-order valence-electron chi connectivity index (χ4n) is 4.17. The molecule has 2 heterocycles. The number of benzene rings is 2. The van der Waals surface area contributed by atoms with Gasteiger partial charge in [0.25, 0.3) is 5.56 Å². The molecule has 4 rings (SSSR count). The lowest BCUT2D eigenvalue weighted by Crippen LogP contribution is -2.40. The van der Waals surface area contributed by atoms with Crippen LogP contribution in [0.4, 0.5) is 5.69 Å². The molecule has 0 saturated carbocycles. The second-order valence-corrected chi connectivity index (χ2v) is 9.16. The van der Waals surface area contributed by atoms with Gasteiger partial charge >= 0.3 is 11.7 Å². The van der Waals surface area contributed by atoms with Crippen LogP contribution in [0.5, 0.6) is 17.2 Å². The normalized spacial score (nSPS) is 15.1. The first kappa shape index (κ1) is 26.6. The van der Waals surface area contributed by atoms with Crippen LogP contribution < -0.4 is 24.4 Å². The maximum Gasteiger partial charge on any atom is 0.338 e. The Balaban J connectivity index is 1.96. The number of nitro benzene ring substituents is 1. The number of ether oxygens (including phenoxy) is 3. The fourth-order valence-corrected chi connectivity index (χ4v) is 5.21. The maximum absolute atomic E-state index is 13.7. The number of nitrogens with zero attached hydrogens (tertiary/aromatic N) is 3. The quantitative estimate of drug-likeness (QED) is 0.262. The second kappa shape index (κ2) is 10.9. The Hall–Kier alpha value is -4.45. The third-order valence-corrected chi connectivity index (χ3v) is 6.80. The first-order chi connectivity index (χ1) is 18.2. The van der Waals surface area contributed by atoms with Gasteiger partial charge in [-0.2, -0.15) is 0 Å². The molecule has 0 amide bonds. The van der Waals surface area contributed by atoms with E-state index in [2.05, 4.69) is 4.99 Å². The van der Waals surface area contributed by atoms with Gasteiger partial charge in [0.1, 0.15) is 0 Å². The van der Waals surface area contributed by atoms with E-state index in [4.69, 9.17) is 14.2 Å². The fraction of sp³-hybridized carbons (Fsp3) is 0.269. The number of aromatic hydroxyl groups is 1. The van der Waals surface area contributed by atoms with Crippen molar-refractivity contribution in [1.29, 1.82) is 0 Å². The molecule has 11 nitrogen and oxygen atoms in total. The highest BCUT2D eigenvalue weighted by atomic mass is 32.1. The largest absolute Gasteiger partial charge is 0.502 e. The number of hydrogen-bond donors (Lipinski definition) is 1. The number of carbonyl (C=O) groups excluding carboxylic acids is 1. The smallest absolute Gasteiger partial charge is 0.338 e. The molecule has 1 atom stereocenters. The van der Waals surface area contributed by atoms with Crippen LogP contribution in [0.2, 0.25) is 0 Å². The van der Waals surface area contributed by atoms with Crippen LogP contribution in [0.1, 0.15) is 37.9 Å². The topological polar surface area (TPSA) is 142 Å². The van der Waals surface area contributed by atoms with E-state index >= 15 is 0 Å². The Labute approximate surface area is 220 Å². The number of esters is 1. The highest BCUT2D eigenvalue weighted by Gasteiger charge is 2.34. The molecule has 0 aliphatic carbocycles. The molecule has 0 bridgehead atoms. The predicted octanol–water partition coefficient (Wildman–Crippen LogP) is 2.82. The number of nitro groups is 1. The standard InChI is InChI=1S/C26H25N3O8S/c1-5-36-20-13-16(8-10-19(20)35-4)23-22(25(32)37-6-2)14(3)27-26-28(23)24(31)21(38-26)12-15-7-9-18(30)17(11-15)29(33)34/h7-13,23,30H,5-6H2,1-4H3/b21-12-/t23-/m0/s1. The summed E-state index contributed by atoms with van der Waals surface area (Å²) in [4.78, 5) is 42.2. The van der Waals surface area contributed by atoms with Gasteiger partial charge in [-0.15, -0.1) is 0 Å². The Morgan fingerprint density at radius 2 is 1.97 bits per heavy atom. The monoisotopic (exact) mass is 539 g/mol. The van der Waals surface area contributed by atoms with Crippen molar-refractivity contribution in [2.24, 2.45) is 4.99 Å². The Bertz CT molecular complexity index is 1640. The van der Waals surface area contributed by atoms with Gasteiger partial charge in [-0.3, -0.25) is 19.5 Å². The van der Waals surface area contributed by atoms with Crippen LogP contribution in [0.3, 0.4) is 0 Å². The van der Waals surface area contributed by atoms with Crippen LogP contribution in [0.15, 0.2) is 57.5 Å². The Morgan fingerprint density at radius 3 is 2.63 bits per heavy atom. The number of thiazole rings is 1. The second-order valence-electron chi connectivity index (χ2n) is 8.15. The van der Waals surface area contributed by atoms with Crippen LogP contribution in [0.25, 0.3) is 6.08 Å². The summed E-state index contributed by atoms with van der Waals surface area (Å²) in [6.45, 7) is 5.71. The molecule has 0 fully saturated rings. The number of methoxy groups -OCH3 is 1. The van der Waals surface area contributed by atoms with E-state index in [1.54, 1.807) is 32.0 Å². The highest BCUT2D eigenvalue weighted by Crippen LogP contribution is 2.36. The summed E-state index contributed by atoms with van der Waals surface area (Å²) >= 11 is 1.08. The van der Waals surface area contributed by atoms with E-state index in [0.717, 1.165) is 11.3 Å². The van der Waals surface area contributed by atoms with Crippen molar-refractivity contribution in [2.75, 3.05) is 20.3 Å².